The van der Waals surface area contributed by atoms with E-state index in [0.717, 1.165) is 0 Å². The lowest BCUT2D eigenvalue weighted by Crippen LogP contribution is -2.49. The molecule has 2 atom stereocenters. The summed E-state index contributed by atoms with van der Waals surface area (Å²) in [6, 6.07) is 0. The predicted octanol–water partition coefficient (Wildman–Crippen LogP) is 2.42. The van der Waals surface area contributed by atoms with Crippen LogP contribution in [0.3, 0.4) is 0 Å². The molecule has 0 radical (unpaired) electrons. The van der Waals surface area contributed by atoms with Gasteiger partial charge in [0.15, 0.2) is 0 Å². The van der Waals surface area contributed by atoms with Crippen LogP contribution in [-0.4, -0.2) is 45.9 Å². The lowest BCUT2D eigenvalue weighted by atomic mass is 10.2. The van der Waals surface area contributed by atoms with E-state index in [9.17, 15) is 13.6 Å². The van der Waals surface area contributed by atoms with Gasteiger partial charge in [0, 0.05) is 13.1 Å². The van der Waals surface area contributed by atoms with Crippen LogP contribution in [0, 0.1) is 6.92 Å². The number of alkyl halides is 2. The molecule has 0 N–H and O–H groups in total. The second-order valence-corrected chi connectivity index (χ2v) is 5.68. The highest BCUT2D eigenvalue weighted by molar-refractivity contribution is 6.31. The van der Waals surface area contributed by atoms with Crippen molar-refractivity contribution in [2.75, 3.05) is 13.1 Å². The number of nitrogens with zero attached hydrogens (tertiary/aromatic N) is 3. The Morgan fingerprint density at radius 2 is 2.00 bits per heavy atom. The Balaban J connectivity index is 2.11. The summed E-state index contributed by atoms with van der Waals surface area (Å²) < 4.78 is 32.3. The summed E-state index contributed by atoms with van der Waals surface area (Å²) in [7, 11) is 0. The van der Waals surface area contributed by atoms with Gasteiger partial charge in [0.05, 0.1) is 22.9 Å². The maximum Gasteiger partial charge on any atom is 0.283 e. The van der Waals surface area contributed by atoms with E-state index in [-0.39, 0.29) is 29.7 Å². The van der Waals surface area contributed by atoms with Crippen LogP contribution in [0.5, 0.6) is 0 Å². The van der Waals surface area contributed by atoms with Crippen molar-refractivity contribution in [3.8, 4) is 0 Å². The molecule has 1 aromatic heterocycles. The van der Waals surface area contributed by atoms with Crippen molar-refractivity contribution >= 4 is 17.5 Å². The van der Waals surface area contributed by atoms with Gasteiger partial charge in [0.25, 0.3) is 6.43 Å². The minimum Gasteiger partial charge on any atom is -0.372 e. The first-order valence-corrected chi connectivity index (χ1v) is 7.11. The van der Waals surface area contributed by atoms with Crippen molar-refractivity contribution < 1.29 is 18.3 Å². The average Bonchev–Trinajstić information content (AvgIpc) is 2.66. The molecule has 1 saturated heterocycles. The molecule has 1 aliphatic rings. The summed E-state index contributed by atoms with van der Waals surface area (Å²) in [6.45, 7) is 6.22. The summed E-state index contributed by atoms with van der Waals surface area (Å²) >= 11 is 5.82. The van der Waals surface area contributed by atoms with Gasteiger partial charge in [0.1, 0.15) is 12.2 Å². The molecular weight excluding hydrogens is 304 g/mol. The molecule has 2 heterocycles. The highest BCUT2D eigenvalue weighted by Crippen LogP contribution is 2.28. The van der Waals surface area contributed by atoms with E-state index < -0.39 is 12.1 Å². The van der Waals surface area contributed by atoms with Gasteiger partial charge in [0.2, 0.25) is 5.91 Å². The van der Waals surface area contributed by atoms with E-state index in [1.807, 2.05) is 13.8 Å². The molecule has 0 saturated carbocycles. The number of halogens is 3. The van der Waals surface area contributed by atoms with E-state index in [4.69, 9.17) is 16.3 Å². The summed E-state index contributed by atoms with van der Waals surface area (Å²) in [5.74, 6) is -0.180. The Morgan fingerprint density at radius 1 is 1.43 bits per heavy atom. The lowest BCUT2D eigenvalue weighted by Gasteiger charge is -2.35. The average molecular weight is 322 g/mol. The third kappa shape index (κ3) is 3.52. The maximum atomic E-state index is 12.7. The zero-order chi connectivity index (χ0) is 15.7. The first kappa shape index (κ1) is 16.2. The molecule has 21 heavy (non-hydrogen) atoms. The number of morpholine rings is 1. The van der Waals surface area contributed by atoms with Crippen molar-refractivity contribution in [3.05, 3.63) is 16.4 Å². The summed E-state index contributed by atoms with van der Waals surface area (Å²) in [5, 5.41) is 3.66. The molecule has 1 aromatic rings. The van der Waals surface area contributed by atoms with Gasteiger partial charge in [-0.15, -0.1) is 0 Å². The largest absolute Gasteiger partial charge is 0.372 e. The van der Waals surface area contributed by atoms with Gasteiger partial charge in [-0.2, -0.15) is 5.10 Å². The van der Waals surface area contributed by atoms with Crippen molar-refractivity contribution in [3.63, 3.8) is 0 Å². The predicted molar refractivity (Wildman–Crippen MR) is 73.5 cm³/mol. The molecule has 1 amide bonds. The van der Waals surface area contributed by atoms with Crippen molar-refractivity contribution in [1.29, 1.82) is 0 Å². The van der Waals surface area contributed by atoms with Crippen LogP contribution in [0.4, 0.5) is 8.78 Å². The minimum absolute atomic E-state index is 0.0448. The van der Waals surface area contributed by atoms with Crippen LogP contribution in [0.2, 0.25) is 5.02 Å². The summed E-state index contributed by atoms with van der Waals surface area (Å²) in [5.41, 5.74) is -0.111. The van der Waals surface area contributed by atoms with E-state index in [0.29, 0.717) is 18.8 Å². The molecule has 0 aromatic carbocycles. The van der Waals surface area contributed by atoms with Gasteiger partial charge in [-0.3, -0.25) is 9.48 Å². The zero-order valence-electron chi connectivity index (χ0n) is 12.1. The third-order valence-electron chi connectivity index (χ3n) is 3.42. The van der Waals surface area contributed by atoms with E-state index in [1.54, 1.807) is 11.8 Å². The van der Waals surface area contributed by atoms with E-state index >= 15 is 0 Å². The van der Waals surface area contributed by atoms with Crippen LogP contribution in [0.25, 0.3) is 0 Å². The number of hydrogen-bond acceptors (Lipinski definition) is 3. The fourth-order valence-electron chi connectivity index (χ4n) is 2.45. The first-order valence-electron chi connectivity index (χ1n) is 6.73. The molecule has 118 valence electrons. The van der Waals surface area contributed by atoms with Crippen LogP contribution in [-0.2, 0) is 16.1 Å². The molecule has 2 rings (SSSR count). The molecule has 0 spiro atoms. The van der Waals surface area contributed by atoms with Gasteiger partial charge >= 0.3 is 0 Å². The molecule has 1 aliphatic heterocycles. The summed E-state index contributed by atoms with van der Waals surface area (Å²) in [6.07, 6.45) is -2.84. The Labute approximate surface area is 126 Å². The van der Waals surface area contributed by atoms with Crippen LogP contribution in [0.1, 0.15) is 31.7 Å². The van der Waals surface area contributed by atoms with Crippen molar-refractivity contribution in [2.24, 2.45) is 0 Å². The smallest absolute Gasteiger partial charge is 0.283 e. The molecule has 1 fully saturated rings. The van der Waals surface area contributed by atoms with Gasteiger partial charge in [-0.25, -0.2) is 8.78 Å². The quantitative estimate of drug-likeness (QED) is 0.859. The monoisotopic (exact) mass is 321 g/mol. The fourth-order valence-corrected chi connectivity index (χ4v) is 2.67. The standard InChI is InChI=1S/C13H18ClF2N3O2/c1-7-4-18(5-8(2)21-7)10(20)6-19-9(3)11(14)12(17-19)13(15)16/h7-8,13H,4-6H2,1-3H3/t7-,8-/m1/s1. The number of hydrogen-bond donors (Lipinski definition) is 0. The zero-order valence-corrected chi connectivity index (χ0v) is 12.9. The second kappa shape index (κ2) is 6.27. The number of aromatic nitrogens is 2. The topological polar surface area (TPSA) is 47.4 Å². The molecular formula is C13H18ClF2N3O2. The van der Waals surface area contributed by atoms with Gasteiger partial charge in [-0.05, 0) is 20.8 Å². The number of amides is 1. The number of carbonyl (C=O) groups excluding carboxylic acids is 1. The highest BCUT2D eigenvalue weighted by Gasteiger charge is 2.27. The first-order chi connectivity index (χ1) is 9.79. The number of ether oxygens (including phenoxy) is 1. The Kier molecular flexibility index (Phi) is 4.83. The fraction of sp³-hybridized carbons (Fsp3) is 0.692. The molecule has 0 unspecified atom stereocenters. The maximum absolute atomic E-state index is 12.7. The van der Waals surface area contributed by atoms with E-state index in [2.05, 4.69) is 5.10 Å². The van der Waals surface area contributed by atoms with Crippen LogP contribution in [0.15, 0.2) is 0 Å². The Hall–Kier alpha value is -1.21. The Morgan fingerprint density at radius 3 is 2.48 bits per heavy atom. The number of rotatable bonds is 3. The molecule has 5 nitrogen and oxygen atoms in total. The summed E-state index contributed by atoms with van der Waals surface area (Å²) in [4.78, 5) is 13.9. The van der Waals surface area contributed by atoms with Crippen molar-refractivity contribution in [2.45, 2.75) is 45.9 Å². The second-order valence-electron chi connectivity index (χ2n) is 5.30. The van der Waals surface area contributed by atoms with Crippen LogP contribution >= 0.6 is 11.6 Å². The highest BCUT2D eigenvalue weighted by atomic mass is 35.5. The minimum atomic E-state index is -2.75. The molecule has 0 bridgehead atoms. The van der Waals surface area contributed by atoms with Gasteiger partial charge in [-0.1, -0.05) is 11.6 Å². The van der Waals surface area contributed by atoms with Gasteiger partial charge < -0.3 is 9.64 Å². The third-order valence-corrected chi connectivity index (χ3v) is 3.89. The number of carbonyl (C=O) groups is 1. The molecule has 0 aliphatic carbocycles. The lowest BCUT2D eigenvalue weighted by molar-refractivity contribution is -0.144. The van der Waals surface area contributed by atoms with Crippen LogP contribution < -0.4 is 0 Å². The SMILES string of the molecule is Cc1c(Cl)c(C(F)F)nn1CC(=O)N1C[C@@H](C)O[C@H](C)C1. The van der Waals surface area contributed by atoms with Crippen molar-refractivity contribution in [1.82, 2.24) is 14.7 Å². The normalized spacial score (nSPS) is 22.9. The van der Waals surface area contributed by atoms with E-state index in [1.165, 1.54) is 4.68 Å². The molecule has 8 heteroatoms. The Bertz CT molecular complexity index is 526.